The van der Waals surface area contributed by atoms with Gasteiger partial charge in [-0.15, -0.1) is 34.2 Å². The molecule has 0 aromatic carbocycles. The number of hydrogen-bond donors (Lipinski definition) is 1. The van der Waals surface area contributed by atoms with Crippen LogP contribution in [0.2, 0.25) is 0 Å². The first kappa shape index (κ1) is 19.7. The summed E-state index contributed by atoms with van der Waals surface area (Å²) in [5.41, 5.74) is 0. The second-order valence-electron chi connectivity index (χ2n) is 5.41. The fraction of sp³-hybridized carbons (Fsp3) is 0.714. The molecule has 1 saturated heterocycles. The number of aliphatic imine (C=N–C) groups is 1. The molecule has 1 aromatic rings. The number of halogens is 1. The fourth-order valence-electron chi connectivity index (χ4n) is 2.59. The first-order valence-corrected chi connectivity index (χ1v) is 7.45. The number of aromatic nitrogens is 3. The third-order valence-electron chi connectivity index (χ3n) is 4.13. The number of likely N-dealkylation sites (tertiary alicyclic amines) is 1. The standard InChI is InChI=1S/C14H24N6O2.HI/c1-10-17-18-12(19(10)3)9-16-14(15-2)20-7-5-11(6-8-20)13(21)22-4;/h11H,5-9H2,1-4H3,(H,15,16);1H. The minimum Gasteiger partial charge on any atom is -0.469 e. The molecule has 1 aromatic heterocycles. The lowest BCUT2D eigenvalue weighted by atomic mass is 9.97. The molecule has 1 fully saturated rings. The Morgan fingerprint density at radius 3 is 2.52 bits per heavy atom. The molecule has 1 N–H and O–H groups in total. The summed E-state index contributed by atoms with van der Waals surface area (Å²) in [4.78, 5) is 18.0. The lowest BCUT2D eigenvalue weighted by Gasteiger charge is -2.33. The fourth-order valence-corrected chi connectivity index (χ4v) is 2.59. The highest BCUT2D eigenvalue weighted by Crippen LogP contribution is 2.18. The molecule has 130 valence electrons. The van der Waals surface area contributed by atoms with Crippen molar-refractivity contribution in [3.8, 4) is 0 Å². The second-order valence-corrected chi connectivity index (χ2v) is 5.41. The van der Waals surface area contributed by atoms with Gasteiger partial charge >= 0.3 is 5.97 Å². The Balaban J connectivity index is 0.00000264. The van der Waals surface area contributed by atoms with Crippen molar-refractivity contribution in [2.75, 3.05) is 27.2 Å². The summed E-state index contributed by atoms with van der Waals surface area (Å²) in [5, 5.41) is 11.5. The second kappa shape index (κ2) is 9.04. The van der Waals surface area contributed by atoms with Gasteiger partial charge in [0.15, 0.2) is 11.8 Å². The molecular weight excluding hydrogens is 411 g/mol. The maximum absolute atomic E-state index is 11.6. The van der Waals surface area contributed by atoms with E-state index < -0.39 is 0 Å². The van der Waals surface area contributed by atoms with E-state index >= 15 is 0 Å². The van der Waals surface area contributed by atoms with Crippen molar-refractivity contribution in [3.05, 3.63) is 11.6 Å². The predicted molar refractivity (Wildman–Crippen MR) is 97.7 cm³/mol. The van der Waals surface area contributed by atoms with Crippen LogP contribution in [-0.4, -0.2) is 58.8 Å². The lowest BCUT2D eigenvalue weighted by Crippen LogP contribution is -2.46. The summed E-state index contributed by atoms with van der Waals surface area (Å²) < 4.78 is 6.76. The van der Waals surface area contributed by atoms with Gasteiger partial charge in [0.2, 0.25) is 0 Å². The van der Waals surface area contributed by atoms with Gasteiger partial charge in [-0.25, -0.2) is 0 Å². The van der Waals surface area contributed by atoms with Gasteiger partial charge in [0.25, 0.3) is 0 Å². The maximum atomic E-state index is 11.6. The zero-order valence-electron chi connectivity index (χ0n) is 14.1. The average Bonchev–Trinajstić information content (AvgIpc) is 2.87. The van der Waals surface area contributed by atoms with E-state index in [0.29, 0.717) is 6.54 Å². The highest BCUT2D eigenvalue weighted by Gasteiger charge is 2.27. The van der Waals surface area contributed by atoms with Crippen molar-refractivity contribution in [1.29, 1.82) is 0 Å². The largest absolute Gasteiger partial charge is 0.469 e. The van der Waals surface area contributed by atoms with Crippen molar-refractivity contribution in [1.82, 2.24) is 25.0 Å². The summed E-state index contributed by atoms with van der Waals surface area (Å²) in [5.74, 6) is 2.45. The zero-order valence-corrected chi connectivity index (χ0v) is 16.4. The normalized spacial score (nSPS) is 16.0. The monoisotopic (exact) mass is 436 g/mol. The van der Waals surface area contributed by atoms with E-state index in [2.05, 4.69) is 25.4 Å². The molecule has 1 aliphatic rings. The van der Waals surface area contributed by atoms with Crippen molar-refractivity contribution in [2.45, 2.75) is 26.3 Å². The number of hydrogen-bond acceptors (Lipinski definition) is 5. The van der Waals surface area contributed by atoms with Crippen LogP contribution >= 0.6 is 24.0 Å². The smallest absolute Gasteiger partial charge is 0.308 e. The van der Waals surface area contributed by atoms with Crippen LogP contribution in [0.15, 0.2) is 4.99 Å². The van der Waals surface area contributed by atoms with Crippen LogP contribution in [0, 0.1) is 12.8 Å². The SMILES string of the molecule is CN=C(NCc1nnc(C)n1C)N1CCC(C(=O)OC)CC1.I. The molecule has 0 bridgehead atoms. The Labute approximate surface area is 153 Å². The van der Waals surface area contributed by atoms with E-state index in [1.165, 1.54) is 7.11 Å². The number of aryl methyl sites for hydroxylation is 1. The zero-order chi connectivity index (χ0) is 16.1. The van der Waals surface area contributed by atoms with Crippen LogP contribution in [0.3, 0.4) is 0 Å². The third kappa shape index (κ3) is 4.79. The van der Waals surface area contributed by atoms with E-state index in [1.807, 2.05) is 18.5 Å². The van der Waals surface area contributed by atoms with Gasteiger partial charge in [0.05, 0.1) is 19.6 Å². The Morgan fingerprint density at radius 2 is 2.04 bits per heavy atom. The molecule has 23 heavy (non-hydrogen) atoms. The van der Waals surface area contributed by atoms with Crippen LogP contribution < -0.4 is 5.32 Å². The number of piperidine rings is 1. The van der Waals surface area contributed by atoms with Gasteiger partial charge in [0.1, 0.15) is 5.82 Å². The number of nitrogens with zero attached hydrogens (tertiary/aromatic N) is 5. The summed E-state index contributed by atoms with van der Waals surface area (Å²) in [7, 11) is 5.14. The van der Waals surface area contributed by atoms with Crippen LogP contribution in [0.5, 0.6) is 0 Å². The number of carbonyl (C=O) groups excluding carboxylic acids is 1. The van der Waals surface area contributed by atoms with Gasteiger partial charge < -0.3 is 19.5 Å². The van der Waals surface area contributed by atoms with Gasteiger partial charge in [-0.3, -0.25) is 9.79 Å². The highest BCUT2D eigenvalue weighted by atomic mass is 127. The minimum atomic E-state index is -0.114. The van der Waals surface area contributed by atoms with E-state index in [0.717, 1.165) is 43.5 Å². The van der Waals surface area contributed by atoms with Crippen molar-refractivity contribution in [3.63, 3.8) is 0 Å². The molecule has 0 radical (unpaired) electrons. The molecule has 2 rings (SSSR count). The van der Waals surface area contributed by atoms with Crippen LogP contribution in [0.1, 0.15) is 24.5 Å². The van der Waals surface area contributed by atoms with Crippen molar-refractivity contribution in [2.24, 2.45) is 18.0 Å². The number of methoxy groups -OCH3 is 1. The molecule has 0 saturated carbocycles. The third-order valence-corrected chi connectivity index (χ3v) is 4.13. The first-order chi connectivity index (χ1) is 10.6. The summed E-state index contributed by atoms with van der Waals surface area (Å²) in [6.45, 7) is 4.07. The summed E-state index contributed by atoms with van der Waals surface area (Å²) in [6.07, 6.45) is 1.58. The van der Waals surface area contributed by atoms with E-state index in [1.54, 1.807) is 7.05 Å². The van der Waals surface area contributed by atoms with Crippen LogP contribution in [0.4, 0.5) is 0 Å². The summed E-state index contributed by atoms with van der Waals surface area (Å²) >= 11 is 0. The van der Waals surface area contributed by atoms with Crippen LogP contribution in [-0.2, 0) is 23.1 Å². The molecule has 8 nitrogen and oxygen atoms in total. The predicted octanol–water partition coefficient (Wildman–Crippen LogP) is 0.702. The Bertz CT molecular complexity index is 551. The van der Waals surface area contributed by atoms with Crippen LogP contribution in [0.25, 0.3) is 0 Å². The Kier molecular flexibility index (Phi) is 7.73. The summed E-state index contributed by atoms with van der Waals surface area (Å²) in [6, 6.07) is 0. The highest BCUT2D eigenvalue weighted by molar-refractivity contribution is 14.0. The van der Waals surface area contributed by atoms with Gasteiger partial charge in [-0.05, 0) is 19.8 Å². The molecule has 0 atom stereocenters. The Morgan fingerprint density at radius 1 is 1.39 bits per heavy atom. The number of carbonyl (C=O) groups is 1. The number of nitrogens with one attached hydrogen (secondary N) is 1. The van der Waals surface area contributed by atoms with E-state index in [4.69, 9.17) is 4.74 Å². The molecule has 9 heteroatoms. The van der Waals surface area contributed by atoms with Crippen molar-refractivity contribution >= 4 is 35.9 Å². The Hall–Kier alpha value is -1.39. The van der Waals surface area contributed by atoms with Gasteiger partial charge in [-0.1, -0.05) is 0 Å². The molecule has 0 aliphatic carbocycles. The topological polar surface area (TPSA) is 84.6 Å². The number of ether oxygens (including phenoxy) is 1. The quantitative estimate of drug-likeness (QED) is 0.325. The number of rotatable bonds is 3. The molecule has 0 amide bonds. The molecule has 0 unspecified atom stereocenters. The van der Waals surface area contributed by atoms with E-state index in [-0.39, 0.29) is 35.9 Å². The van der Waals surface area contributed by atoms with E-state index in [9.17, 15) is 4.79 Å². The lowest BCUT2D eigenvalue weighted by molar-refractivity contribution is -0.146. The molecule has 0 spiro atoms. The first-order valence-electron chi connectivity index (χ1n) is 7.45. The molecule has 1 aliphatic heterocycles. The molecule has 2 heterocycles. The molecular formula is C14H25IN6O2. The van der Waals surface area contributed by atoms with Crippen molar-refractivity contribution < 1.29 is 9.53 Å². The minimum absolute atomic E-state index is 0. The number of esters is 1. The van der Waals surface area contributed by atoms with Gasteiger partial charge in [0, 0.05) is 27.2 Å². The maximum Gasteiger partial charge on any atom is 0.308 e. The number of guanidine groups is 1. The average molecular weight is 436 g/mol. The van der Waals surface area contributed by atoms with Gasteiger partial charge in [-0.2, -0.15) is 0 Å².